The van der Waals surface area contributed by atoms with Crippen molar-refractivity contribution in [3.8, 4) is 0 Å². The molecule has 0 aliphatic heterocycles. The van der Waals surface area contributed by atoms with Crippen LogP contribution >= 0.6 is 0 Å². The molecule has 21 heavy (non-hydrogen) atoms. The van der Waals surface area contributed by atoms with Crippen molar-refractivity contribution in [2.24, 2.45) is 5.92 Å². The molecule has 6 heteroatoms. The van der Waals surface area contributed by atoms with E-state index < -0.39 is 30.2 Å². The predicted octanol–water partition coefficient (Wildman–Crippen LogP) is 2.91. The highest BCUT2D eigenvalue weighted by Gasteiger charge is 2.37. The summed E-state index contributed by atoms with van der Waals surface area (Å²) in [5.41, 5.74) is -0.169. The van der Waals surface area contributed by atoms with E-state index >= 15 is 0 Å². The van der Waals surface area contributed by atoms with Gasteiger partial charge in [-0.15, -0.1) is 0 Å². The van der Waals surface area contributed by atoms with Crippen molar-refractivity contribution < 1.29 is 27.8 Å². The first-order valence-corrected chi connectivity index (χ1v) is 6.48. The fourth-order valence-corrected chi connectivity index (χ4v) is 1.97. The van der Waals surface area contributed by atoms with E-state index in [1.54, 1.807) is 6.07 Å². The summed E-state index contributed by atoms with van der Waals surface area (Å²) in [6.45, 7) is 0. The Morgan fingerprint density at radius 3 is 2.29 bits per heavy atom. The average molecular weight is 300 g/mol. The van der Waals surface area contributed by atoms with Gasteiger partial charge in [-0.1, -0.05) is 30.3 Å². The zero-order valence-corrected chi connectivity index (χ0v) is 12.0. The van der Waals surface area contributed by atoms with Crippen LogP contribution < -0.4 is 0 Å². The SMILES string of the molecule is COC(=O)CCC(CC(F)(F)c1ccccc1)C(=O)OC. The number of halogens is 2. The second kappa shape index (κ2) is 7.71. The van der Waals surface area contributed by atoms with Gasteiger partial charge >= 0.3 is 11.9 Å². The second-order valence-corrected chi connectivity index (χ2v) is 4.61. The first kappa shape index (κ1) is 17.1. The number of carbonyl (C=O) groups is 2. The Balaban J connectivity index is 2.80. The number of alkyl halides is 2. The largest absolute Gasteiger partial charge is 0.469 e. The number of benzene rings is 1. The van der Waals surface area contributed by atoms with E-state index in [2.05, 4.69) is 9.47 Å². The topological polar surface area (TPSA) is 52.6 Å². The molecule has 1 unspecified atom stereocenters. The van der Waals surface area contributed by atoms with Crippen molar-refractivity contribution in [1.29, 1.82) is 0 Å². The van der Waals surface area contributed by atoms with Gasteiger partial charge in [0, 0.05) is 18.4 Å². The van der Waals surface area contributed by atoms with Crippen molar-refractivity contribution in [3.63, 3.8) is 0 Å². The highest BCUT2D eigenvalue weighted by atomic mass is 19.3. The quantitative estimate of drug-likeness (QED) is 0.727. The normalized spacial score (nSPS) is 12.6. The van der Waals surface area contributed by atoms with Crippen LogP contribution in [-0.4, -0.2) is 26.2 Å². The van der Waals surface area contributed by atoms with Crippen LogP contribution in [-0.2, 0) is 25.0 Å². The van der Waals surface area contributed by atoms with Gasteiger partial charge in [0.05, 0.1) is 20.1 Å². The van der Waals surface area contributed by atoms with Gasteiger partial charge in [-0.25, -0.2) is 8.78 Å². The molecule has 0 fully saturated rings. The lowest BCUT2D eigenvalue weighted by Gasteiger charge is -2.22. The molecular formula is C15H18F2O4. The van der Waals surface area contributed by atoms with Crippen LogP contribution in [0.5, 0.6) is 0 Å². The van der Waals surface area contributed by atoms with Crippen molar-refractivity contribution in [2.75, 3.05) is 14.2 Å². The summed E-state index contributed by atoms with van der Waals surface area (Å²) in [4.78, 5) is 22.7. The fourth-order valence-electron chi connectivity index (χ4n) is 1.97. The van der Waals surface area contributed by atoms with Gasteiger partial charge in [-0.3, -0.25) is 9.59 Å². The number of esters is 2. The first-order valence-electron chi connectivity index (χ1n) is 6.48. The summed E-state index contributed by atoms with van der Waals surface area (Å²) < 4.78 is 37.4. The molecule has 0 saturated carbocycles. The Bertz CT molecular complexity index is 474. The molecule has 1 aromatic carbocycles. The maximum atomic E-state index is 14.2. The minimum absolute atomic E-state index is 0.0399. The Morgan fingerprint density at radius 2 is 1.76 bits per heavy atom. The van der Waals surface area contributed by atoms with E-state index in [9.17, 15) is 18.4 Å². The molecule has 0 aromatic heterocycles. The molecule has 0 aliphatic rings. The number of ether oxygens (including phenoxy) is 2. The van der Waals surface area contributed by atoms with Gasteiger partial charge in [0.25, 0.3) is 5.92 Å². The third-order valence-electron chi connectivity index (χ3n) is 3.16. The maximum absolute atomic E-state index is 14.2. The number of methoxy groups -OCH3 is 2. The molecule has 4 nitrogen and oxygen atoms in total. The van der Waals surface area contributed by atoms with Gasteiger partial charge in [0.15, 0.2) is 0 Å². The Hall–Kier alpha value is -1.98. The van der Waals surface area contributed by atoms with Gasteiger partial charge in [-0.2, -0.15) is 0 Å². The summed E-state index contributed by atoms with van der Waals surface area (Å²) in [5, 5.41) is 0. The smallest absolute Gasteiger partial charge is 0.308 e. The summed E-state index contributed by atoms with van der Waals surface area (Å²) in [6, 6.07) is 7.24. The highest BCUT2D eigenvalue weighted by molar-refractivity contribution is 5.74. The molecule has 1 rings (SSSR count). The van der Waals surface area contributed by atoms with Crippen LogP contribution in [0, 0.1) is 5.92 Å². The fraction of sp³-hybridized carbons (Fsp3) is 0.467. The molecule has 1 atom stereocenters. The lowest BCUT2D eigenvalue weighted by atomic mass is 9.92. The molecule has 0 saturated heterocycles. The number of carbonyl (C=O) groups excluding carboxylic acids is 2. The van der Waals surface area contributed by atoms with Gasteiger partial charge < -0.3 is 9.47 Å². The first-order chi connectivity index (χ1) is 9.90. The Kier molecular flexibility index (Phi) is 6.27. The zero-order chi connectivity index (χ0) is 15.9. The summed E-state index contributed by atoms with van der Waals surface area (Å²) in [6.07, 6.45) is -0.858. The van der Waals surface area contributed by atoms with Crippen LogP contribution in [0.3, 0.4) is 0 Å². The third-order valence-corrected chi connectivity index (χ3v) is 3.16. The van der Waals surface area contributed by atoms with Gasteiger partial charge in [0.2, 0.25) is 0 Å². The summed E-state index contributed by atoms with van der Waals surface area (Å²) in [7, 11) is 2.34. The number of rotatable bonds is 7. The molecule has 0 spiro atoms. The van der Waals surface area contributed by atoms with Crippen molar-refractivity contribution in [2.45, 2.75) is 25.2 Å². The monoisotopic (exact) mass is 300 g/mol. The second-order valence-electron chi connectivity index (χ2n) is 4.61. The van der Waals surface area contributed by atoms with E-state index in [0.717, 1.165) is 7.11 Å². The molecule has 0 amide bonds. The van der Waals surface area contributed by atoms with Crippen molar-refractivity contribution in [1.82, 2.24) is 0 Å². The van der Waals surface area contributed by atoms with E-state index in [1.807, 2.05) is 0 Å². The standard InChI is InChI=1S/C15H18F2O4/c1-20-13(18)9-8-11(14(19)21-2)10-15(16,17)12-6-4-3-5-7-12/h3-7,11H,8-10H2,1-2H3. The highest BCUT2D eigenvalue weighted by Crippen LogP contribution is 2.36. The van der Waals surface area contributed by atoms with Crippen molar-refractivity contribution in [3.05, 3.63) is 35.9 Å². The molecule has 0 aliphatic carbocycles. The average Bonchev–Trinajstić information content (AvgIpc) is 2.51. The number of hydrogen-bond donors (Lipinski definition) is 0. The Morgan fingerprint density at radius 1 is 1.14 bits per heavy atom. The minimum Gasteiger partial charge on any atom is -0.469 e. The summed E-state index contributed by atoms with van der Waals surface area (Å²) >= 11 is 0. The van der Waals surface area contributed by atoms with E-state index in [1.165, 1.54) is 31.4 Å². The maximum Gasteiger partial charge on any atom is 0.308 e. The van der Waals surface area contributed by atoms with Gasteiger partial charge in [0.1, 0.15) is 0 Å². The van der Waals surface area contributed by atoms with E-state index in [0.29, 0.717) is 0 Å². The van der Waals surface area contributed by atoms with Crippen LogP contribution in [0.15, 0.2) is 30.3 Å². The predicted molar refractivity (Wildman–Crippen MR) is 71.7 cm³/mol. The van der Waals surface area contributed by atoms with Crippen molar-refractivity contribution >= 4 is 11.9 Å². The minimum atomic E-state index is -3.17. The molecule has 0 bridgehead atoms. The van der Waals surface area contributed by atoms with Crippen LogP contribution in [0.25, 0.3) is 0 Å². The lowest BCUT2D eigenvalue weighted by Crippen LogP contribution is -2.26. The molecule has 0 radical (unpaired) electrons. The molecule has 0 heterocycles. The molecule has 1 aromatic rings. The van der Waals surface area contributed by atoms with Crippen LogP contribution in [0.4, 0.5) is 8.78 Å². The Labute approximate surface area is 122 Å². The van der Waals surface area contributed by atoms with Crippen LogP contribution in [0.1, 0.15) is 24.8 Å². The van der Waals surface area contributed by atoms with E-state index in [-0.39, 0.29) is 18.4 Å². The van der Waals surface area contributed by atoms with Crippen LogP contribution in [0.2, 0.25) is 0 Å². The lowest BCUT2D eigenvalue weighted by molar-refractivity contribution is -0.151. The molecule has 116 valence electrons. The van der Waals surface area contributed by atoms with Gasteiger partial charge in [-0.05, 0) is 6.42 Å². The summed E-state index contributed by atoms with van der Waals surface area (Å²) in [5.74, 6) is -5.54. The molecule has 0 N–H and O–H groups in total. The third kappa shape index (κ3) is 5.13. The molecular weight excluding hydrogens is 282 g/mol. The number of hydrogen-bond acceptors (Lipinski definition) is 4. The zero-order valence-electron chi connectivity index (χ0n) is 12.0. The van der Waals surface area contributed by atoms with E-state index in [4.69, 9.17) is 0 Å².